The molecule has 136 valence electrons. The van der Waals surface area contributed by atoms with Crippen molar-refractivity contribution in [2.75, 3.05) is 11.9 Å². The molecular formula is C16H13Cl2N3O2S3. The normalized spacial score (nSPS) is 17.0. The van der Waals surface area contributed by atoms with Crippen molar-refractivity contribution in [3.05, 3.63) is 44.9 Å². The SMILES string of the molecule is CC1SC(=S)N(CC(=O)Nc2ncc(Cc3ccc(Cl)cc3Cl)s2)C1=O. The van der Waals surface area contributed by atoms with Crippen molar-refractivity contribution in [2.24, 2.45) is 0 Å². The van der Waals surface area contributed by atoms with E-state index in [0.29, 0.717) is 25.9 Å². The molecule has 1 fully saturated rings. The van der Waals surface area contributed by atoms with Gasteiger partial charge >= 0.3 is 0 Å². The maximum Gasteiger partial charge on any atom is 0.246 e. The molecule has 1 N–H and O–H groups in total. The molecule has 2 heterocycles. The average Bonchev–Trinajstić information content (AvgIpc) is 3.10. The highest BCUT2D eigenvalue weighted by atomic mass is 35.5. The van der Waals surface area contributed by atoms with Crippen molar-refractivity contribution < 1.29 is 9.59 Å². The van der Waals surface area contributed by atoms with Gasteiger partial charge in [0.25, 0.3) is 0 Å². The summed E-state index contributed by atoms with van der Waals surface area (Å²) in [7, 11) is 0. The lowest BCUT2D eigenvalue weighted by atomic mass is 10.1. The summed E-state index contributed by atoms with van der Waals surface area (Å²) in [5.41, 5.74) is 0.927. The molecule has 3 rings (SSSR count). The minimum Gasteiger partial charge on any atom is -0.300 e. The number of carbonyl (C=O) groups is 2. The zero-order chi connectivity index (χ0) is 18.8. The predicted octanol–water partition coefficient (Wildman–Crippen LogP) is 4.23. The van der Waals surface area contributed by atoms with E-state index in [2.05, 4.69) is 10.3 Å². The highest BCUT2D eigenvalue weighted by Crippen LogP contribution is 2.28. The van der Waals surface area contributed by atoms with Crippen LogP contribution < -0.4 is 5.32 Å². The second kappa shape index (κ2) is 8.22. The van der Waals surface area contributed by atoms with Crippen LogP contribution in [0.2, 0.25) is 10.0 Å². The van der Waals surface area contributed by atoms with Crippen LogP contribution in [0.3, 0.4) is 0 Å². The van der Waals surface area contributed by atoms with Crippen LogP contribution >= 0.6 is 58.5 Å². The minimum atomic E-state index is -0.333. The van der Waals surface area contributed by atoms with Crippen LogP contribution in [0.25, 0.3) is 0 Å². The molecule has 1 unspecified atom stereocenters. The number of benzene rings is 1. The number of nitrogens with zero attached hydrogens (tertiary/aromatic N) is 2. The Balaban J connectivity index is 1.60. The summed E-state index contributed by atoms with van der Waals surface area (Å²) in [6, 6.07) is 5.33. The number of thiocarbonyl (C=S) groups is 1. The number of halogens is 2. The molecule has 0 spiro atoms. The number of nitrogens with one attached hydrogen (secondary N) is 1. The second-order valence-corrected chi connectivity index (χ2v) is 9.48. The molecule has 10 heteroatoms. The molecule has 26 heavy (non-hydrogen) atoms. The number of thioether (sulfide) groups is 1. The highest BCUT2D eigenvalue weighted by molar-refractivity contribution is 8.24. The molecule has 1 aliphatic heterocycles. The Hall–Kier alpha value is -1.19. The molecule has 2 amide bonds. The topological polar surface area (TPSA) is 62.3 Å². The fourth-order valence-corrected chi connectivity index (χ4v) is 5.05. The van der Waals surface area contributed by atoms with Gasteiger partial charge in [-0.05, 0) is 24.6 Å². The Morgan fingerprint density at radius 1 is 1.42 bits per heavy atom. The van der Waals surface area contributed by atoms with Gasteiger partial charge in [-0.1, -0.05) is 53.2 Å². The zero-order valence-electron chi connectivity index (χ0n) is 13.5. The number of hydrogen-bond donors (Lipinski definition) is 1. The van der Waals surface area contributed by atoms with Gasteiger partial charge in [0, 0.05) is 27.5 Å². The summed E-state index contributed by atoms with van der Waals surface area (Å²) in [5.74, 6) is -0.479. The van der Waals surface area contributed by atoms with Gasteiger partial charge in [0.05, 0.1) is 5.25 Å². The van der Waals surface area contributed by atoms with Gasteiger partial charge in [-0.15, -0.1) is 11.3 Å². The van der Waals surface area contributed by atoms with E-state index >= 15 is 0 Å². The third-order valence-corrected chi connectivity index (χ3v) is 6.58. The molecule has 5 nitrogen and oxygen atoms in total. The lowest BCUT2D eigenvalue weighted by Crippen LogP contribution is -2.37. The smallest absolute Gasteiger partial charge is 0.246 e. The standard InChI is InChI=1S/C16H13Cl2N3O2S3/c1-8-14(23)21(16(24)25-8)7-13(22)20-15-19-6-11(26-15)4-9-2-3-10(17)5-12(9)18/h2-3,5-6,8H,4,7H2,1H3,(H,19,20,22). The first-order chi connectivity index (χ1) is 12.3. The fraction of sp³-hybridized carbons (Fsp3) is 0.250. The van der Waals surface area contributed by atoms with Gasteiger partial charge in [0.15, 0.2) is 5.13 Å². The van der Waals surface area contributed by atoms with Gasteiger partial charge in [-0.2, -0.15) is 0 Å². The fourth-order valence-electron chi connectivity index (χ4n) is 2.32. The van der Waals surface area contributed by atoms with Gasteiger partial charge in [0.1, 0.15) is 10.9 Å². The van der Waals surface area contributed by atoms with Gasteiger partial charge < -0.3 is 5.32 Å². The zero-order valence-corrected chi connectivity index (χ0v) is 17.5. The molecular weight excluding hydrogens is 433 g/mol. The molecule has 1 atom stereocenters. The van der Waals surface area contributed by atoms with E-state index in [-0.39, 0.29) is 23.6 Å². The largest absolute Gasteiger partial charge is 0.300 e. The molecule has 1 aliphatic rings. The van der Waals surface area contributed by atoms with Gasteiger partial charge in [0.2, 0.25) is 11.8 Å². The van der Waals surface area contributed by atoms with Crippen molar-refractivity contribution in [1.82, 2.24) is 9.88 Å². The number of anilines is 1. The maximum absolute atomic E-state index is 12.2. The molecule has 1 aromatic heterocycles. The van der Waals surface area contributed by atoms with Crippen LogP contribution in [-0.2, 0) is 16.0 Å². The van der Waals surface area contributed by atoms with E-state index < -0.39 is 0 Å². The Morgan fingerprint density at radius 3 is 2.85 bits per heavy atom. The van der Waals surface area contributed by atoms with Crippen molar-refractivity contribution in [3.8, 4) is 0 Å². The van der Waals surface area contributed by atoms with Crippen molar-refractivity contribution in [3.63, 3.8) is 0 Å². The van der Waals surface area contributed by atoms with E-state index in [4.69, 9.17) is 35.4 Å². The van der Waals surface area contributed by atoms with Crippen molar-refractivity contribution >= 4 is 79.8 Å². The van der Waals surface area contributed by atoms with Crippen LogP contribution in [-0.4, -0.2) is 37.8 Å². The summed E-state index contributed by atoms with van der Waals surface area (Å²) in [6.45, 7) is 1.67. The quantitative estimate of drug-likeness (QED) is 0.697. The Bertz CT molecular complexity index is 887. The number of carbonyl (C=O) groups excluding carboxylic acids is 2. The van der Waals surface area contributed by atoms with Crippen LogP contribution in [0.5, 0.6) is 0 Å². The molecule has 1 saturated heterocycles. The van der Waals surface area contributed by atoms with E-state index in [1.54, 1.807) is 25.3 Å². The summed E-state index contributed by atoms with van der Waals surface area (Å²) < 4.78 is 0.426. The lowest BCUT2D eigenvalue weighted by molar-refractivity contribution is -0.129. The molecule has 2 aromatic rings. The lowest BCUT2D eigenvalue weighted by Gasteiger charge is -2.13. The second-order valence-electron chi connectivity index (χ2n) is 5.54. The highest BCUT2D eigenvalue weighted by Gasteiger charge is 2.34. The van der Waals surface area contributed by atoms with E-state index in [1.165, 1.54) is 28.0 Å². The van der Waals surface area contributed by atoms with Crippen LogP contribution in [0, 0.1) is 0 Å². The Morgan fingerprint density at radius 2 is 2.19 bits per heavy atom. The summed E-state index contributed by atoms with van der Waals surface area (Å²) in [5, 5.41) is 4.10. The maximum atomic E-state index is 12.2. The van der Waals surface area contributed by atoms with E-state index in [9.17, 15) is 9.59 Å². The number of aromatic nitrogens is 1. The van der Waals surface area contributed by atoms with Crippen LogP contribution in [0.4, 0.5) is 5.13 Å². The average molecular weight is 446 g/mol. The first kappa shape index (κ1) is 19.6. The van der Waals surface area contributed by atoms with E-state index in [1.807, 2.05) is 6.07 Å². The van der Waals surface area contributed by atoms with E-state index in [0.717, 1.165) is 10.4 Å². The van der Waals surface area contributed by atoms with Gasteiger partial charge in [-0.25, -0.2) is 4.98 Å². The van der Waals surface area contributed by atoms with Gasteiger partial charge in [-0.3, -0.25) is 14.5 Å². The summed E-state index contributed by atoms with van der Waals surface area (Å²) >= 11 is 19.9. The third-order valence-electron chi connectivity index (χ3n) is 3.59. The number of rotatable bonds is 5. The molecule has 0 saturated carbocycles. The monoisotopic (exact) mass is 445 g/mol. The van der Waals surface area contributed by atoms with Crippen molar-refractivity contribution in [2.45, 2.75) is 18.6 Å². The minimum absolute atomic E-state index is 0.104. The van der Waals surface area contributed by atoms with Crippen LogP contribution in [0.1, 0.15) is 17.4 Å². The predicted molar refractivity (Wildman–Crippen MR) is 111 cm³/mol. The number of hydrogen-bond acceptors (Lipinski definition) is 6. The first-order valence-electron chi connectivity index (χ1n) is 7.54. The Kier molecular flexibility index (Phi) is 6.19. The molecule has 0 bridgehead atoms. The third kappa shape index (κ3) is 4.55. The first-order valence-corrected chi connectivity index (χ1v) is 10.4. The van der Waals surface area contributed by atoms with Crippen molar-refractivity contribution in [1.29, 1.82) is 0 Å². The molecule has 1 aromatic carbocycles. The molecule has 0 radical (unpaired) electrons. The Labute approximate surface area is 174 Å². The summed E-state index contributed by atoms with van der Waals surface area (Å²) in [6.07, 6.45) is 2.28. The number of thiazole rings is 1. The number of amides is 2. The molecule has 0 aliphatic carbocycles. The van der Waals surface area contributed by atoms with Crippen LogP contribution in [0.15, 0.2) is 24.4 Å². The summed E-state index contributed by atoms with van der Waals surface area (Å²) in [4.78, 5) is 30.6.